The van der Waals surface area contributed by atoms with Crippen molar-refractivity contribution in [2.24, 2.45) is 0 Å². The summed E-state index contributed by atoms with van der Waals surface area (Å²) in [5.74, 6) is -0.529. The molecule has 66 valence electrons. The van der Waals surface area contributed by atoms with Gasteiger partial charge in [-0.3, -0.25) is 4.79 Å². The van der Waals surface area contributed by atoms with Gasteiger partial charge in [-0.1, -0.05) is 13.3 Å². The average molecular weight is 170 g/mol. The number of nitrogens with zero attached hydrogens (tertiary/aromatic N) is 2. The van der Waals surface area contributed by atoms with Crippen LogP contribution >= 0.6 is 0 Å². The van der Waals surface area contributed by atoms with Gasteiger partial charge in [0.15, 0.2) is 6.29 Å². The number of aromatic nitrogens is 2. The summed E-state index contributed by atoms with van der Waals surface area (Å²) < 4.78 is 14.2. The highest BCUT2D eigenvalue weighted by atomic mass is 19.1. The second kappa shape index (κ2) is 3.99. The minimum absolute atomic E-state index is 0.0334. The Hall–Kier alpha value is -1.19. The van der Waals surface area contributed by atoms with Crippen LogP contribution in [0.15, 0.2) is 6.20 Å². The van der Waals surface area contributed by atoms with Crippen LogP contribution in [-0.2, 0) is 6.54 Å². The quantitative estimate of drug-likeness (QED) is 0.644. The molecule has 0 saturated carbocycles. The SMILES string of the molecule is CCCCn1ncc(C=O)c1F. The predicted molar refractivity (Wildman–Crippen MR) is 42.5 cm³/mol. The van der Waals surface area contributed by atoms with Gasteiger partial charge in [-0.2, -0.15) is 9.49 Å². The minimum Gasteiger partial charge on any atom is -0.298 e. The number of halogens is 1. The maximum absolute atomic E-state index is 13.0. The largest absolute Gasteiger partial charge is 0.298 e. The summed E-state index contributed by atoms with van der Waals surface area (Å²) in [5, 5.41) is 3.73. The maximum Gasteiger partial charge on any atom is 0.222 e. The smallest absolute Gasteiger partial charge is 0.222 e. The van der Waals surface area contributed by atoms with E-state index in [2.05, 4.69) is 5.10 Å². The van der Waals surface area contributed by atoms with Gasteiger partial charge in [0.05, 0.1) is 11.8 Å². The van der Waals surface area contributed by atoms with Crippen molar-refractivity contribution in [3.05, 3.63) is 17.7 Å². The number of rotatable bonds is 4. The molecule has 12 heavy (non-hydrogen) atoms. The summed E-state index contributed by atoms with van der Waals surface area (Å²) in [6.07, 6.45) is 3.58. The third-order valence-corrected chi connectivity index (χ3v) is 1.65. The summed E-state index contributed by atoms with van der Waals surface area (Å²) in [5.41, 5.74) is 0.0334. The lowest BCUT2D eigenvalue weighted by Crippen LogP contribution is -2.03. The van der Waals surface area contributed by atoms with Gasteiger partial charge in [-0.25, -0.2) is 4.68 Å². The van der Waals surface area contributed by atoms with Crippen molar-refractivity contribution < 1.29 is 9.18 Å². The van der Waals surface area contributed by atoms with Crippen LogP contribution in [0, 0.1) is 5.95 Å². The van der Waals surface area contributed by atoms with Gasteiger partial charge in [-0.05, 0) is 6.42 Å². The molecule has 0 radical (unpaired) electrons. The first-order chi connectivity index (χ1) is 5.79. The van der Waals surface area contributed by atoms with Crippen LogP contribution in [-0.4, -0.2) is 16.1 Å². The molecule has 1 aromatic rings. The van der Waals surface area contributed by atoms with Crippen molar-refractivity contribution in [2.45, 2.75) is 26.3 Å². The van der Waals surface area contributed by atoms with Crippen LogP contribution in [0.5, 0.6) is 0 Å². The zero-order valence-electron chi connectivity index (χ0n) is 6.96. The molecule has 0 atom stereocenters. The molecule has 0 saturated heterocycles. The highest BCUT2D eigenvalue weighted by molar-refractivity contribution is 5.73. The minimum atomic E-state index is -0.529. The summed E-state index contributed by atoms with van der Waals surface area (Å²) in [4.78, 5) is 10.2. The van der Waals surface area contributed by atoms with Crippen molar-refractivity contribution in [1.29, 1.82) is 0 Å². The Morgan fingerprint density at radius 2 is 2.50 bits per heavy atom. The third kappa shape index (κ3) is 1.69. The monoisotopic (exact) mass is 170 g/mol. The number of unbranched alkanes of at least 4 members (excludes halogenated alkanes) is 1. The van der Waals surface area contributed by atoms with Crippen LogP contribution in [0.4, 0.5) is 4.39 Å². The Morgan fingerprint density at radius 1 is 1.75 bits per heavy atom. The molecule has 1 rings (SSSR count). The fourth-order valence-electron chi connectivity index (χ4n) is 0.928. The Balaban J connectivity index is 2.72. The molecule has 0 aliphatic heterocycles. The van der Waals surface area contributed by atoms with E-state index in [-0.39, 0.29) is 5.56 Å². The molecule has 0 N–H and O–H groups in total. The number of aldehydes is 1. The van der Waals surface area contributed by atoms with Crippen molar-refractivity contribution in [3.63, 3.8) is 0 Å². The van der Waals surface area contributed by atoms with Crippen molar-refractivity contribution in [3.8, 4) is 0 Å². The molecular formula is C8H11FN2O. The number of aryl methyl sites for hydroxylation is 1. The van der Waals surface area contributed by atoms with Gasteiger partial charge in [0, 0.05) is 6.54 Å². The van der Waals surface area contributed by atoms with Gasteiger partial charge in [-0.15, -0.1) is 0 Å². The van der Waals surface area contributed by atoms with Gasteiger partial charge >= 0.3 is 0 Å². The standard InChI is InChI=1S/C8H11FN2O/c1-2-3-4-11-8(9)7(6-12)5-10-11/h5-6H,2-4H2,1H3. The number of carbonyl (C=O) groups excluding carboxylic acids is 1. The summed E-state index contributed by atoms with van der Waals surface area (Å²) in [7, 11) is 0. The highest BCUT2D eigenvalue weighted by Crippen LogP contribution is 2.04. The van der Waals surface area contributed by atoms with Gasteiger partial charge < -0.3 is 0 Å². The summed E-state index contributed by atoms with van der Waals surface area (Å²) in [6.45, 7) is 2.55. The van der Waals surface area contributed by atoms with Crippen molar-refractivity contribution in [2.75, 3.05) is 0 Å². The number of carbonyl (C=O) groups is 1. The average Bonchev–Trinajstić information content (AvgIpc) is 2.43. The molecule has 1 heterocycles. The molecule has 0 aromatic carbocycles. The van der Waals surface area contributed by atoms with E-state index in [1.54, 1.807) is 0 Å². The summed E-state index contributed by atoms with van der Waals surface area (Å²) in [6, 6.07) is 0. The molecule has 0 fully saturated rings. The molecule has 0 bridgehead atoms. The Bertz CT molecular complexity index is 270. The zero-order valence-corrected chi connectivity index (χ0v) is 6.96. The first-order valence-electron chi connectivity index (χ1n) is 3.96. The number of hydrogen-bond acceptors (Lipinski definition) is 2. The van der Waals surface area contributed by atoms with Gasteiger partial charge in [0.2, 0.25) is 5.95 Å². The van der Waals surface area contributed by atoms with E-state index in [0.717, 1.165) is 12.8 Å². The Kier molecular flexibility index (Phi) is 2.96. The zero-order chi connectivity index (χ0) is 8.97. The molecule has 4 heteroatoms. The lowest BCUT2D eigenvalue weighted by molar-refractivity contribution is 0.111. The topological polar surface area (TPSA) is 34.9 Å². The fraction of sp³-hybridized carbons (Fsp3) is 0.500. The maximum atomic E-state index is 13.0. The van der Waals surface area contributed by atoms with E-state index in [4.69, 9.17) is 0 Å². The van der Waals surface area contributed by atoms with Gasteiger partial charge in [0.25, 0.3) is 0 Å². The normalized spacial score (nSPS) is 10.2. The van der Waals surface area contributed by atoms with E-state index in [1.807, 2.05) is 6.92 Å². The van der Waals surface area contributed by atoms with E-state index < -0.39 is 5.95 Å². The molecule has 3 nitrogen and oxygen atoms in total. The number of hydrogen-bond donors (Lipinski definition) is 0. The molecule has 0 aliphatic rings. The molecule has 0 amide bonds. The second-order valence-corrected chi connectivity index (χ2v) is 2.59. The Morgan fingerprint density at radius 3 is 3.00 bits per heavy atom. The Labute approximate surface area is 70.2 Å². The lowest BCUT2D eigenvalue weighted by atomic mass is 10.3. The molecule has 0 unspecified atom stereocenters. The highest BCUT2D eigenvalue weighted by Gasteiger charge is 2.07. The fourth-order valence-corrected chi connectivity index (χ4v) is 0.928. The van der Waals surface area contributed by atoms with E-state index in [0.29, 0.717) is 12.8 Å². The molecule has 0 spiro atoms. The lowest BCUT2D eigenvalue weighted by Gasteiger charge is -1.98. The molecule has 0 aliphatic carbocycles. The third-order valence-electron chi connectivity index (χ3n) is 1.65. The van der Waals surface area contributed by atoms with Crippen LogP contribution in [0.25, 0.3) is 0 Å². The van der Waals surface area contributed by atoms with Gasteiger partial charge in [0.1, 0.15) is 0 Å². The van der Waals surface area contributed by atoms with Crippen LogP contribution in [0.1, 0.15) is 30.1 Å². The molecular weight excluding hydrogens is 159 g/mol. The summed E-state index contributed by atoms with van der Waals surface area (Å²) >= 11 is 0. The first-order valence-corrected chi connectivity index (χ1v) is 3.96. The first kappa shape index (κ1) is 8.90. The van der Waals surface area contributed by atoms with Crippen molar-refractivity contribution in [1.82, 2.24) is 9.78 Å². The van der Waals surface area contributed by atoms with E-state index in [1.165, 1.54) is 10.9 Å². The van der Waals surface area contributed by atoms with Crippen LogP contribution < -0.4 is 0 Å². The predicted octanol–water partition coefficient (Wildman–Crippen LogP) is 1.63. The van der Waals surface area contributed by atoms with Crippen molar-refractivity contribution >= 4 is 6.29 Å². The second-order valence-electron chi connectivity index (χ2n) is 2.59. The van der Waals surface area contributed by atoms with Crippen LogP contribution in [0.2, 0.25) is 0 Å². The van der Waals surface area contributed by atoms with Crippen LogP contribution in [0.3, 0.4) is 0 Å². The van der Waals surface area contributed by atoms with E-state index in [9.17, 15) is 9.18 Å². The molecule has 1 aromatic heterocycles. The van der Waals surface area contributed by atoms with E-state index >= 15 is 0 Å².